The largest absolute Gasteiger partial charge is 0.293 e. The number of carbonyl (C=O) groups excluding carboxylic acids is 1. The van der Waals surface area contributed by atoms with Gasteiger partial charge in [0.15, 0.2) is 5.78 Å². The first-order valence-electron chi connectivity index (χ1n) is 8.10. The fraction of sp³-hybridized carbons (Fsp3) is 0.136. The maximum absolute atomic E-state index is 13.0. The molecule has 0 aliphatic heterocycles. The number of thioether (sulfide) groups is 1. The maximum Gasteiger partial charge on any atom is 0.171 e. The van der Waals surface area contributed by atoms with Crippen molar-refractivity contribution < 1.29 is 4.79 Å². The summed E-state index contributed by atoms with van der Waals surface area (Å²) < 4.78 is 0. The van der Waals surface area contributed by atoms with E-state index in [9.17, 15) is 4.79 Å². The number of Topliss-reactive ketones (excluding diaryl/α,β-unsaturated/α-hetero) is 1. The van der Waals surface area contributed by atoms with Gasteiger partial charge in [-0.3, -0.25) is 4.79 Å². The zero-order chi connectivity index (χ0) is 16.6. The van der Waals surface area contributed by atoms with Crippen LogP contribution in [0.3, 0.4) is 0 Å². The van der Waals surface area contributed by atoms with Crippen LogP contribution in [-0.4, -0.2) is 11.5 Å². The monoisotopic (exact) mass is 332 g/mol. The van der Waals surface area contributed by atoms with Crippen molar-refractivity contribution >= 4 is 17.5 Å². The molecule has 3 aromatic carbocycles. The Morgan fingerprint density at radius 3 is 1.92 bits per heavy atom. The quantitative estimate of drug-likeness (QED) is 0.525. The molecule has 1 atom stereocenters. The number of hydrogen-bond donors (Lipinski definition) is 0. The Balaban J connectivity index is 1.74. The molecule has 0 fully saturated rings. The van der Waals surface area contributed by atoms with Crippen LogP contribution in [0.15, 0.2) is 91.0 Å². The number of benzene rings is 3. The minimum absolute atomic E-state index is 0.109. The Labute approximate surface area is 147 Å². The molecule has 2 heteroatoms. The van der Waals surface area contributed by atoms with Crippen molar-refractivity contribution in [3.8, 4) is 0 Å². The van der Waals surface area contributed by atoms with Crippen molar-refractivity contribution in [1.29, 1.82) is 0 Å². The summed E-state index contributed by atoms with van der Waals surface area (Å²) >= 11 is 1.81. The second-order valence-electron chi connectivity index (χ2n) is 5.69. The fourth-order valence-electron chi connectivity index (χ4n) is 2.68. The van der Waals surface area contributed by atoms with E-state index in [1.165, 1.54) is 5.56 Å². The van der Waals surface area contributed by atoms with Crippen LogP contribution in [-0.2, 0) is 5.75 Å². The van der Waals surface area contributed by atoms with Gasteiger partial charge < -0.3 is 0 Å². The van der Waals surface area contributed by atoms with Crippen LogP contribution in [0.2, 0.25) is 0 Å². The van der Waals surface area contributed by atoms with Gasteiger partial charge in [0, 0.05) is 17.1 Å². The first-order chi connectivity index (χ1) is 11.8. The maximum atomic E-state index is 13.0. The molecule has 1 nitrogen and oxygen atoms in total. The van der Waals surface area contributed by atoms with Crippen LogP contribution in [0.25, 0.3) is 0 Å². The highest BCUT2D eigenvalue weighted by Crippen LogP contribution is 2.27. The van der Waals surface area contributed by atoms with Crippen molar-refractivity contribution in [1.82, 2.24) is 0 Å². The number of carbonyl (C=O) groups is 1. The molecule has 0 amide bonds. The van der Waals surface area contributed by atoms with Gasteiger partial charge in [-0.2, -0.15) is 11.8 Å². The smallest absolute Gasteiger partial charge is 0.171 e. The summed E-state index contributed by atoms with van der Waals surface area (Å²) in [5.74, 6) is 1.79. The van der Waals surface area contributed by atoms with Gasteiger partial charge in [0.2, 0.25) is 0 Å². The van der Waals surface area contributed by atoms with E-state index < -0.39 is 0 Å². The third kappa shape index (κ3) is 4.36. The molecule has 0 aliphatic carbocycles. The first kappa shape index (κ1) is 16.5. The van der Waals surface area contributed by atoms with Gasteiger partial charge in [0.25, 0.3) is 0 Å². The van der Waals surface area contributed by atoms with E-state index in [2.05, 4.69) is 36.4 Å². The van der Waals surface area contributed by atoms with Gasteiger partial charge in [0.1, 0.15) is 0 Å². The highest BCUT2D eigenvalue weighted by Gasteiger charge is 2.21. The van der Waals surface area contributed by atoms with Crippen LogP contribution < -0.4 is 0 Å². The number of hydrogen-bond acceptors (Lipinski definition) is 2. The summed E-state index contributed by atoms with van der Waals surface area (Å²) in [6, 6.07) is 30.1. The summed E-state index contributed by atoms with van der Waals surface area (Å²) in [6.07, 6.45) is 0. The number of rotatable bonds is 7. The standard InChI is InChI=1S/C22H20OS/c23-22(20-14-8-3-9-15-20)21(19-12-6-2-7-13-19)17-24-16-18-10-4-1-5-11-18/h1-15,21H,16-17H2/t21-/m1/s1. The lowest BCUT2D eigenvalue weighted by molar-refractivity contribution is 0.0968. The Kier molecular flexibility index (Phi) is 5.86. The normalized spacial score (nSPS) is 11.8. The molecule has 0 unspecified atom stereocenters. The predicted molar refractivity (Wildman–Crippen MR) is 103 cm³/mol. The fourth-order valence-corrected chi connectivity index (χ4v) is 3.81. The van der Waals surface area contributed by atoms with E-state index in [1.54, 1.807) is 0 Å². The zero-order valence-corrected chi connectivity index (χ0v) is 14.3. The molecule has 0 N–H and O–H groups in total. The molecule has 0 aliphatic rings. The topological polar surface area (TPSA) is 17.1 Å². The predicted octanol–water partition coefficient (Wildman–Crippen LogP) is 5.59. The average molecular weight is 332 g/mol. The van der Waals surface area contributed by atoms with Crippen molar-refractivity contribution in [3.63, 3.8) is 0 Å². The minimum atomic E-state index is -0.109. The van der Waals surface area contributed by atoms with Crippen molar-refractivity contribution in [2.24, 2.45) is 0 Å². The van der Waals surface area contributed by atoms with E-state index in [-0.39, 0.29) is 11.7 Å². The summed E-state index contributed by atoms with van der Waals surface area (Å²) in [7, 11) is 0. The first-order valence-corrected chi connectivity index (χ1v) is 9.26. The summed E-state index contributed by atoms with van der Waals surface area (Å²) in [4.78, 5) is 13.0. The third-order valence-electron chi connectivity index (χ3n) is 3.97. The molecule has 3 rings (SSSR count). The lowest BCUT2D eigenvalue weighted by Gasteiger charge is -2.16. The molecule has 0 aromatic heterocycles. The highest BCUT2D eigenvalue weighted by atomic mass is 32.2. The number of ketones is 1. The molecular weight excluding hydrogens is 312 g/mol. The van der Waals surface area contributed by atoms with Crippen LogP contribution in [0, 0.1) is 0 Å². The van der Waals surface area contributed by atoms with Crippen molar-refractivity contribution in [2.75, 3.05) is 5.75 Å². The zero-order valence-electron chi connectivity index (χ0n) is 13.5. The van der Waals surface area contributed by atoms with E-state index in [0.29, 0.717) is 0 Å². The van der Waals surface area contributed by atoms with E-state index in [4.69, 9.17) is 0 Å². The molecule has 0 spiro atoms. The molecule has 3 aromatic rings. The Morgan fingerprint density at radius 2 is 1.29 bits per heavy atom. The molecular formula is C22H20OS. The molecule has 0 heterocycles. The van der Waals surface area contributed by atoms with E-state index >= 15 is 0 Å². The molecule has 0 saturated carbocycles. The Hall–Kier alpha value is -2.32. The van der Waals surface area contributed by atoms with Crippen LogP contribution >= 0.6 is 11.8 Å². The van der Waals surface area contributed by atoms with E-state index in [1.807, 2.05) is 66.4 Å². The lowest BCUT2D eigenvalue weighted by atomic mass is 9.92. The minimum Gasteiger partial charge on any atom is -0.293 e. The summed E-state index contributed by atoms with van der Waals surface area (Å²) in [5.41, 5.74) is 3.17. The van der Waals surface area contributed by atoms with Crippen LogP contribution in [0.4, 0.5) is 0 Å². The van der Waals surface area contributed by atoms with Crippen LogP contribution in [0.1, 0.15) is 27.4 Å². The van der Waals surface area contributed by atoms with E-state index in [0.717, 1.165) is 22.6 Å². The third-order valence-corrected chi connectivity index (χ3v) is 5.08. The van der Waals surface area contributed by atoms with Gasteiger partial charge >= 0.3 is 0 Å². The van der Waals surface area contributed by atoms with Gasteiger partial charge in [-0.25, -0.2) is 0 Å². The SMILES string of the molecule is O=C(c1ccccc1)[C@H](CSCc1ccccc1)c1ccccc1. The molecule has 24 heavy (non-hydrogen) atoms. The second-order valence-corrected chi connectivity index (χ2v) is 6.72. The van der Waals surface area contributed by atoms with Gasteiger partial charge in [0.05, 0.1) is 5.92 Å². The Bertz CT molecular complexity index is 754. The molecule has 0 saturated heterocycles. The second kappa shape index (κ2) is 8.51. The van der Waals surface area contributed by atoms with Gasteiger partial charge in [-0.15, -0.1) is 0 Å². The van der Waals surface area contributed by atoms with Gasteiger partial charge in [-0.05, 0) is 11.1 Å². The Morgan fingerprint density at radius 1 is 0.750 bits per heavy atom. The summed E-state index contributed by atoms with van der Waals surface area (Å²) in [5, 5.41) is 0. The van der Waals surface area contributed by atoms with Crippen molar-refractivity contribution in [2.45, 2.75) is 11.7 Å². The molecule has 120 valence electrons. The van der Waals surface area contributed by atoms with Crippen LogP contribution in [0.5, 0.6) is 0 Å². The van der Waals surface area contributed by atoms with Crippen molar-refractivity contribution in [3.05, 3.63) is 108 Å². The molecule has 0 radical (unpaired) electrons. The lowest BCUT2D eigenvalue weighted by Crippen LogP contribution is -2.15. The van der Waals surface area contributed by atoms with Gasteiger partial charge in [-0.1, -0.05) is 91.0 Å². The highest BCUT2D eigenvalue weighted by molar-refractivity contribution is 7.98. The average Bonchev–Trinajstić information content (AvgIpc) is 2.67. The molecule has 0 bridgehead atoms. The summed E-state index contributed by atoms with van der Waals surface area (Å²) in [6.45, 7) is 0.